The second-order valence-corrected chi connectivity index (χ2v) is 7.78. The summed E-state index contributed by atoms with van der Waals surface area (Å²) in [4.78, 5) is 25.1. The highest BCUT2D eigenvalue weighted by Crippen LogP contribution is 2.41. The second kappa shape index (κ2) is 8.10. The highest BCUT2D eigenvalue weighted by Gasteiger charge is 2.38. The van der Waals surface area contributed by atoms with E-state index in [9.17, 15) is 22.8 Å². The first kappa shape index (κ1) is 20.4. The Balaban J connectivity index is 1.47. The van der Waals surface area contributed by atoms with E-state index < -0.39 is 23.9 Å². The van der Waals surface area contributed by atoms with Gasteiger partial charge in [-0.3, -0.25) is 14.9 Å². The van der Waals surface area contributed by atoms with E-state index in [2.05, 4.69) is 16.0 Å². The smallest absolute Gasteiger partial charge is 0.348 e. The van der Waals surface area contributed by atoms with Crippen LogP contribution in [-0.4, -0.2) is 17.9 Å². The lowest BCUT2D eigenvalue weighted by atomic mass is 9.99. The summed E-state index contributed by atoms with van der Waals surface area (Å²) in [5, 5.41) is 8.93. The zero-order chi connectivity index (χ0) is 21.3. The Morgan fingerprint density at radius 3 is 2.30 bits per heavy atom. The first-order chi connectivity index (χ1) is 14.3. The van der Waals surface area contributed by atoms with Gasteiger partial charge in [0.2, 0.25) is 11.8 Å². The van der Waals surface area contributed by atoms with Crippen LogP contribution in [0.1, 0.15) is 48.2 Å². The summed E-state index contributed by atoms with van der Waals surface area (Å²) in [6.45, 7) is 0. The van der Waals surface area contributed by atoms with Crippen LogP contribution in [0.4, 0.5) is 13.2 Å². The van der Waals surface area contributed by atoms with Gasteiger partial charge in [0.25, 0.3) is 0 Å². The SMILES string of the molecule is O=C1CC(C(=O)N[C@@H](c2ccc(C(F)(F)F)cc2)C2CC2)NC(c2ccccc2)N1. The number of hydrogen-bond acceptors (Lipinski definition) is 3. The normalized spacial score (nSPS) is 22.8. The Hall–Kier alpha value is -2.87. The van der Waals surface area contributed by atoms with E-state index in [1.165, 1.54) is 12.1 Å². The molecule has 8 heteroatoms. The molecule has 0 radical (unpaired) electrons. The van der Waals surface area contributed by atoms with Gasteiger partial charge < -0.3 is 10.6 Å². The average Bonchev–Trinajstić information content (AvgIpc) is 3.57. The Bertz CT molecular complexity index is 911. The molecule has 2 fully saturated rings. The van der Waals surface area contributed by atoms with Crippen molar-refractivity contribution in [2.45, 2.75) is 43.7 Å². The van der Waals surface area contributed by atoms with Gasteiger partial charge in [-0.05, 0) is 42.0 Å². The molecule has 1 aliphatic carbocycles. The molecule has 1 saturated carbocycles. The molecule has 3 atom stereocenters. The Morgan fingerprint density at radius 1 is 1.03 bits per heavy atom. The van der Waals surface area contributed by atoms with Crippen LogP contribution in [0.25, 0.3) is 0 Å². The summed E-state index contributed by atoms with van der Waals surface area (Å²) in [6.07, 6.45) is -3.08. The summed E-state index contributed by atoms with van der Waals surface area (Å²) < 4.78 is 38.5. The lowest BCUT2D eigenvalue weighted by Crippen LogP contribution is -2.56. The molecule has 2 aliphatic rings. The number of halogens is 3. The van der Waals surface area contributed by atoms with Crippen LogP contribution in [0, 0.1) is 5.92 Å². The fourth-order valence-corrected chi connectivity index (χ4v) is 3.74. The van der Waals surface area contributed by atoms with Gasteiger partial charge in [-0.25, -0.2) is 0 Å². The molecule has 2 unspecified atom stereocenters. The molecular weight excluding hydrogens is 395 g/mol. The predicted octanol–water partition coefficient (Wildman–Crippen LogP) is 3.45. The van der Waals surface area contributed by atoms with E-state index in [1.807, 2.05) is 30.3 Å². The van der Waals surface area contributed by atoms with Crippen molar-refractivity contribution in [1.29, 1.82) is 0 Å². The van der Waals surface area contributed by atoms with Crippen molar-refractivity contribution in [2.24, 2.45) is 5.92 Å². The van der Waals surface area contributed by atoms with Crippen molar-refractivity contribution in [2.75, 3.05) is 0 Å². The molecule has 0 bridgehead atoms. The van der Waals surface area contributed by atoms with Crippen molar-refractivity contribution in [3.63, 3.8) is 0 Å². The van der Waals surface area contributed by atoms with Crippen molar-refractivity contribution in [3.05, 3.63) is 71.3 Å². The first-order valence-corrected chi connectivity index (χ1v) is 9.89. The molecule has 1 aliphatic heterocycles. The topological polar surface area (TPSA) is 70.2 Å². The predicted molar refractivity (Wildman–Crippen MR) is 104 cm³/mol. The lowest BCUT2D eigenvalue weighted by Gasteiger charge is -2.32. The van der Waals surface area contributed by atoms with Crippen molar-refractivity contribution in [3.8, 4) is 0 Å². The number of alkyl halides is 3. The maximum Gasteiger partial charge on any atom is 0.416 e. The zero-order valence-corrected chi connectivity index (χ0v) is 16.1. The largest absolute Gasteiger partial charge is 0.416 e. The number of benzene rings is 2. The van der Waals surface area contributed by atoms with Crippen LogP contribution >= 0.6 is 0 Å². The van der Waals surface area contributed by atoms with Gasteiger partial charge in [0.1, 0.15) is 6.17 Å². The molecule has 0 spiro atoms. The summed E-state index contributed by atoms with van der Waals surface area (Å²) in [6, 6.07) is 13.1. The van der Waals surface area contributed by atoms with Crippen LogP contribution < -0.4 is 16.0 Å². The lowest BCUT2D eigenvalue weighted by molar-refractivity contribution is -0.137. The molecular formula is C22H22F3N3O2. The van der Waals surface area contributed by atoms with Gasteiger partial charge in [0.15, 0.2) is 0 Å². The van der Waals surface area contributed by atoms with Gasteiger partial charge in [-0.15, -0.1) is 0 Å². The van der Waals surface area contributed by atoms with E-state index in [-0.39, 0.29) is 30.2 Å². The molecule has 4 rings (SSSR count). The minimum atomic E-state index is -4.40. The van der Waals surface area contributed by atoms with E-state index in [1.54, 1.807) is 0 Å². The minimum absolute atomic E-state index is 0.000431. The third kappa shape index (κ3) is 4.64. The van der Waals surface area contributed by atoms with E-state index in [4.69, 9.17) is 0 Å². The van der Waals surface area contributed by atoms with Gasteiger partial charge in [0.05, 0.1) is 24.1 Å². The van der Waals surface area contributed by atoms with E-state index >= 15 is 0 Å². The first-order valence-electron chi connectivity index (χ1n) is 9.89. The molecule has 2 aromatic rings. The van der Waals surface area contributed by atoms with Crippen LogP contribution in [-0.2, 0) is 15.8 Å². The number of hydrogen-bond donors (Lipinski definition) is 3. The van der Waals surface area contributed by atoms with Crippen molar-refractivity contribution >= 4 is 11.8 Å². The average molecular weight is 417 g/mol. The Labute approximate surface area is 172 Å². The minimum Gasteiger partial charge on any atom is -0.348 e. The highest BCUT2D eigenvalue weighted by atomic mass is 19.4. The Morgan fingerprint density at radius 2 is 1.70 bits per heavy atom. The molecule has 1 saturated heterocycles. The van der Waals surface area contributed by atoms with Gasteiger partial charge >= 0.3 is 6.18 Å². The standard InChI is InChI=1S/C22H22F3N3O2/c23-22(24,25)16-10-8-14(9-11-16)19(13-6-7-13)28-21(30)17-12-18(29)27-20(26-17)15-4-2-1-3-5-15/h1-5,8-11,13,17,19-20,26H,6-7,12H2,(H,27,29)(H,28,30)/t17?,19-,20?/m1/s1. The number of nitrogens with one attached hydrogen (secondary N) is 3. The summed E-state index contributed by atoms with van der Waals surface area (Å²) in [7, 11) is 0. The number of amides is 2. The third-order valence-electron chi connectivity index (χ3n) is 5.50. The molecule has 2 aromatic carbocycles. The molecule has 0 aromatic heterocycles. The van der Waals surface area contributed by atoms with Crippen LogP contribution in [0.2, 0.25) is 0 Å². The van der Waals surface area contributed by atoms with Crippen molar-refractivity contribution < 1.29 is 22.8 Å². The molecule has 158 valence electrons. The fraction of sp³-hybridized carbons (Fsp3) is 0.364. The number of carbonyl (C=O) groups is 2. The monoisotopic (exact) mass is 417 g/mol. The zero-order valence-electron chi connectivity index (χ0n) is 16.1. The van der Waals surface area contributed by atoms with Gasteiger partial charge in [-0.2, -0.15) is 13.2 Å². The summed E-state index contributed by atoms with van der Waals surface area (Å²) in [5.41, 5.74) is 0.756. The molecule has 3 N–H and O–H groups in total. The third-order valence-corrected chi connectivity index (χ3v) is 5.50. The molecule has 1 heterocycles. The van der Waals surface area contributed by atoms with Gasteiger partial charge in [-0.1, -0.05) is 42.5 Å². The molecule has 2 amide bonds. The van der Waals surface area contributed by atoms with E-state index in [0.717, 1.165) is 30.5 Å². The maximum atomic E-state index is 12.9. The van der Waals surface area contributed by atoms with E-state index in [0.29, 0.717) is 5.56 Å². The van der Waals surface area contributed by atoms with Gasteiger partial charge in [0, 0.05) is 0 Å². The Kier molecular flexibility index (Phi) is 5.51. The quantitative estimate of drug-likeness (QED) is 0.698. The molecule has 30 heavy (non-hydrogen) atoms. The van der Waals surface area contributed by atoms with Crippen LogP contribution in [0.3, 0.4) is 0 Å². The number of carbonyl (C=O) groups excluding carboxylic acids is 2. The van der Waals surface area contributed by atoms with Crippen LogP contribution in [0.5, 0.6) is 0 Å². The molecule has 5 nitrogen and oxygen atoms in total. The summed E-state index contributed by atoms with van der Waals surface area (Å²) >= 11 is 0. The maximum absolute atomic E-state index is 12.9. The second-order valence-electron chi connectivity index (χ2n) is 7.78. The summed E-state index contributed by atoms with van der Waals surface area (Å²) in [5.74, 6) is -0.379. The highest BCUT2D eigenvalue weighted by molar-refractivity contribution is 5.90. The fourth-order valence-electron chi connectivity index (χ4n) is 3.74. The van der Waals surface area contributed by atoms with Crippen molar-refractivity contribution in [1.82, 2.24) is 16.0 Å². The van der Waals surface area contributed by atoms with Crippen LogP contribution in [0.15, 0.2) is 54.6 Å². The number of rotatable bonds is 5.